The molecule has 0 fully saturated rings. The fourth-order valence-electron chi connectivity index (χ4n) is 7.60. The quantitative estimate of drug-likeness (QED) is 0.0555. The number of methoxy groups -OCH3 is 1. The zero-order chi connectivity index (χ0) is 44.2. The second kappa shape index (κ2) is 18.5. The Balaban J connectivity index is 1.71. The number of nitrogens with one attached hydrogen (secondary N) is 1. The summed E-state index contributed by atoms with van der Waals surface area (Å²) in [5, 5.41) is 68.3. The fraction of sp³-hybridized carbons (Fsp3) is 0.400. The summed E-state index contributed by atoms with van der Waals surface area (Å²) < 4.78 is 23.5. The summed E-state index contributed by atoms with van der Waals surface area (Å²) in [6.07, 6.45) is 5.95. The first-order chi connectivity index (χ1) is 28.3. The Kier molecular flexibility index (Phi) is 13.9. The number of ketones is 1. The van der Waals surface area contributed by atoms with Crippen LogP contribution in [0.15, 0.2) is 76.7 Å². The largest absolute Gasteiger partial charge is 0.507 e. The van der Waals surface area contributed by atoms with Crippen molar-refractivity contribution in [3.05, 3.63) is 88.7 Å². The summed E-state index contributed by atoms with van der Waals surface area (Å²) >= 11 is 0. The zero-order valence-electron chi connectivity index (χ0n) is 35.0. The van der Waals surface area contributed by atoms with Crippen molar-refractivity contribution in [1.29, 1.82) is 0 Å². The van der Waals surface area contributed by atoms with Crippen LogP contribution in [0.25, 0.3) is 10.8 Å². The van der Waals surface area contributed by atoms with Gasteiger partial charge in [0.05, 0.1) is 59.2 Å². The maximum Gasteiger partial charge on any atom is 0.312 e. The number of phenolic OH excluding ortho intramolecular Hbond substituents is 3. The van der Waals surface area contributed by atoms with Crippen LogP contribution in [-0.4, -0.2) is 92.9 Å². The molecule has 9 unspecified atom stereocenters. The van der Waals surface area contributed by atoms with E-state index in [0.717, 1.165) is 6.21 Å². The number of esters is 1. The lowest BCUT2D eigenvalue weighted by Gasteiger charge is -2.38. The maximum atomic E-state index is 14.4. The van der Waals surface area contributed by atoms with Crippen molar-refractivity contribution in [2.24, 2.45) is 33.9 Å². The van der Waals surface area contributed by atoms with E-state index in [1.165, 1.54) is 59.4 Å². The molecule has 60 heavy (non-hydrogen) atoms. The van der Waals surface area contributed by atoms with E-state index in [-0.39, 0.29) is 44.5 Å². The molecule has 320 valence electrons. The summed E-state index contributed by atoms with van der Waals surface area (Å²) in [6, 6.07) is 9.03. The van der Waals surface area contributed by atoms with Crippen molar-refractivity contribution in [3.8, 4) is 23.0 Å². The molecule has 3 aromatic carbocycles. The summed E-state index contributed by atoms with van der Waals surface area (Å²) in [4.78, 5) is 40.4. The van der Waals surface area contributed by atoms with Crippen LogP contribution >= 0.6 is 0 Å². The molecule has 15 heteroatoms. The standard InChI is InChI=1S/C45H53N3O12/c1-22-14-13-15-23(2)44(56)48-35-30(21-47-46-20-29-16-11-10-12-17-29)39(53)32-33(40(35)54)38(52)27(6)42-34(32)43(55)45(8,60-42)58-19-18-31(57-9)24(3)41(59-28(7)49)26(5)37(51)25(4)36(22)50/h10-22,24-26,31,36-37,41,50-54H,1-9H3,(H,48,56)/b14-13-,19-18?,23-15-,46-20+,47-21+. The predicted octanol–water partition coefficient (Wildman–Crippen LogP) is 6.21. The van der Waals surface area contributed by atoms with Crippen molar-refractivity contribution in [2.45, 2.75) is 85.6 Å². The maximum absolute atomic E-state index is 14.4. The number of carbonyl (C=O) groups is 3. The number of allylic oxidation sites excluding steroid dienone is 2. The molecule has 3 aliphatic rings. The minimum atomic E-state index is -2.07. The van der Waals surface area contributed by atoms with Gasteiger partial charge in [0.25, 0.3) is 11.7 Å². The second-order valence-electron chi connectivity index (χ2n) is 15.5. The molecule has 5 bridgehead atoms. The van der Waals surface area contributed by atoms with Crippen molar-refractivity contribution in [3.63, 3.8) is 0 Å². The van der Waals surface area contributed by atoms with E-state index >= 15 is 0 Å². The Morgan fingerprint density at radius 1 is 0.883 bits per heavy atom. The molecule has 0 radical (unpaired) electrons. The molecule has 0 saturated heterocycles. The van der Waals surface area contributed by atoms with E-state index in [2.05, 4.69) is 15.5 Å². The number of phenols is 3. The van der Waals surface area contributed by atoms with Crippen LogP contribution in [0, 0.1) is 30.6 Å². The van der Waals surface area contributed by atoms with Crippen LogP contribution in [0.2, 0.25) is 0 Å². The predicted molar refractivity (Wildman–Crippen MR) is 225 cm³/mol. The molecular formula is C45H53N3O12. The van der Waals surface area contributed by atoms with Crippen LogP contribution in [0.1, 0.15) is 75.5 Å². The smallest absolute Gasteiger partial charge is 0.312 e. The lowest BCUT2D eigenvalue weighted by molar-refractivity contribution is -0.160. The third-order valence-electron chi connectivity index (χ3n) is 11.3. The number of aromatic hydroxyl groups is 3. The number of ether oxygens (including phenoxy) is 4. The normalized spacial score (nSPS) is 29.4. The molecule has 6 N–H and O–H groups in total. The van der Waals surface area contributed by atoms with Gasteiger partial charge in [0.2, 0.25) is 0 Å². The van der Waals surface area contributed by atoms with Crippen LogP contribution in [0.3, 0.4) is 0 Å². The van der Waals surface area contributed by atoms with Gasteiger partial charge in [-0.05, 0) is 25.5 Å². The van der Waals surface area contributed by atoms with Gasteiger partial charge in [-0.3, -0.25) is 14.4 Å². The Morgan fingerprint density at radius 3 is 2.20 bits per heavy atom. The molecule has 0 aromatic heterocycles. The molecule has 0 saturated carbocycles. The van der Waals surface area contributed by atoms with Crippen LogP contribution in [-0.2, 0) is 23.8 Å². The number of carbonyl (C=O) groups excluding carboxylic acids is 3. The highest BCUT2D eigenvalue weighted by Crippen LogP contribution is 2.55. The number of aliphatic hydroxyl groups is 2. The van der Waals surface area contributed by atoms with Crippen molar-refractivity contribution >= 4 is 46.5 Å². The van der Waals surface area contributed by atoms with E-state index < -0.39 is 88.8 Å². The van der Waals surface area contributed by atoms with Gasteiger partial charge in [-0.1, -0.05) is 76.3 Å². The second-order valence-corrected chi connectivity index (χ2v) is 15.5. The minimum Gasteiger partial charge on any atom is -0.507 e. The average molecular weight is 828 g/mol. The lowest BCUT2D eigenvalue weighted by Crippen LogP contribution is -2.46. The molecule has 3 heterocycles. The van der Waals surface area contributed by atoms with Gasteiger partial charge in [0.1, 0.15) is 23.4 Å². The summed E-state index contributed by atoms with van der Waals surface area (Å²) in [5.41, 5.74) is 0.0665. The summed E-state index contributed by atoms with van der Waals surface area (Å²) in [7, 11) is 1.43. The third-order valence-corrected chi connectivity index (χ3v) is 11.3. The van der Waals surface area contributed by atoms with Gasteiger partial charge >= 0.3 is 11.8 Å². The minimum absolute atomic E-state index is 0.0282. The first kappa shape index (κ1) is 45.1. The van der Waals surface area contributed by atoms with Crippen molar-refractivity contribution in [2.75, 3.05) is 12.4 Å². The van der Waals surface area contributed by atoms with Crippen molar-refractivity contribution < 1.29 is 58.9 Å². The van der Waals surface area contributed by atoms with Crippen LogP contribution < -0.4 is 10.1 Å². The van der Waals surface area contributed by atoms with E-state index in [1.54, 1.807) is 52.0 Å². The monoisotopic (exact) mass is 827 g/mol. The zero-order valence-corrected chi connectivity index (χ0v) is 35.0. The number of hydrogen-bond acceptors (Lipinski definition) is 14. The van der Waals surface area contributed by atoms with Gasteiger partial charge in [-0.25, -0.2) is 0 Å². The first-order valence-corrected chi connectivity index (χ1v) is 19.5. The molecule has 3 aromatic rings. The van der Waals surface area contributed by atoms with E-state index in [0.29, 0.717) is 5.56 Å². The Bertz CT molecular complexity index is 2280. The molecule has 9 atom stereocenters. The van der Waals surface area contributed by atoms with Crippen molar-refractivity contribution in [1.82, 2.24) is 0 Å². The molecular weight excluding hydrogens is 775 g/mol. The first-order valence-electron chi connectivity index (χ1n) is 19.5. The number of rotatable bonds is 5. The van der Waals surface area contributed by atoms with Crippen LogP contribution in [0.4, 0.5) is 5.69 Å². The summed E-state index contributed by atoms with van der Waals surface area (Å²) in [6.45, 7) is 12.4. The highest BCUT2D eigenvalue weighted by atomic mass is 16.7. The van der Waals surface area contributed by atoms with Gasteiger partial charge in [-0.2, -0.15) is 10.2 Å². The number of nitrogens with zero attached hydrogens (tertiary/aromatic N) is 2. The van der Waals surface area contributed by atoms with Crippen LogP contribution in [0.5, 0.6) is 23.0 Å². The Morgan fingerprint density at radius 2 is 1.55 bits per heavy atom. The molecule has 3 aliphatic heterocycles. The highest BCUT2D eigenvalue weighted by Gasteiger charge is 2.50. The number of hydrogen-bond donors (Lipinski definition) is 6. The Labute approximate surface area is 348 Å². The van der Waals surface area contributed by atoms with Gasteiger partial charge < -0.3 is 49.8 Å². The number of fused-ring (bicyclic) bond motifs is 14. The lowest BCUT2D eigenvalue weighted by atomic mass is 9.78. The highest BCUT2D eigenvalue weighted by molar-refractivity contribution is 6.23. The van der Waals surface area contributed by atoms with E-state index in [1.807, 2.05) is 18.2 Å². The number of anilines is 1. The number of amides is 1. The SMILES string of the molecule is COC1C=COC2(C)Oc3c(C)c(O)c4c(O)c(c(/C=N/N=C/c5ccccc5)c(O)c4c3C2=O)NC(=O)/C(C)=C\C=C/C(C)C(O)C(C)C(O)C(C)C(OC(C)=O)C1C. The number of aliphatic hydroxyl groups excluding tert-OH is 2. The van der Waals surface area contributed by atoms with Gasteiger partial charge in [0.15, 0.2) is 5.75 Å². The third kappa shape index (κ3) is 8.93. The van der Waals surface area contributed by atoms with Gasteiger partial charge in [-0.15, -0.1) is 0 Å². The molecule has 1 amide bonds. The number of Topliss-reactive ketones (excluding diaryl/α,β-unsaturated/α-hetero) is 1. The topological polar surface area (TPSA) is 226 Å². The van der Waals surface area contributed by atoms with E-state index in [4.69, 9.17) is 18.9 Å². The fourth-order valence-corrected chi connectivity index (χ4v) is 7.60. The molecule has 6 rings (SSSR count). The summed E-state index contributed by atoms with van der Waals surface area (Å²) in [5.74, 6) is -8.71. The average Bonchev–Trinajstić information content (AvgIpc) is 3.48. The van der Waals surface area contributed by atoms with Gasteiger partial charge in [0, 0.05) is 61.2 Å². The number of benzene rings is 3. The molecule has 0 spiro atoms. The van der Waals surface area contributed by atoms with E-state index in [9.17, 15) is 39.9 Å². The molecule has 0 aliphatic carbocycles. The molecule has 15 nitrogen and oxygen atoms in total. The Hall–Kier alpha value is -6.03.